The first kappa shape index (κ1) is 20.7. The number of aryl methyl sites for hydroxylation is 1. The largest absolute Gasteiger partial charge is 0.431 e. The molecule has 0 amide bonds. The fourth-order valence-electron chi connectivity index (χ4n) is 3.38. The van der Waals surface area contributed by atoms with Crippen molar-refractivity contribution in [1.29, 1.82) is 0 Å². The molecule has 0 bridgehead atoms. The number of imidazole rings is 1. The maximum absolute atomic E-state index is 13.3. The van der Waals surface area contributed by atoms with Crippen molar-refractivity contribution >= 4 is 34.1 Å². The first-order valence-electron chi connectivity index (χ1n) is 9.18. The number of aromatic nitrogens is 3. The molecule has 0 unspecified atom stereocenters. The van der Waals surface area contributed by atoms with E-state index in [2.05, 4.69) is 11.1 Å². The summed E-state index contributed by atoms with van der Waals surface area (Å²) in [6, 6.07) is 12.9. The van der Waals surface area contributed by atoms with Crippen LogP contribution in [0.3, 0.4) is 0 Å². The third-order valence-electron chi connectivity index (χ3n) is 4.81. The molecule has 0 aliphatic rings. The molecule has 0 aliphatic carbocycles. The second-order valence-electron chi connectivity index (χ2n) is 6.72. The SMILES string of the molecule is CCSc1cc(-c2ccccc2)sc1-c1nc2cc(C(F)(F)F)n(C)c(=O)c2n1C. The van der Waals surface area contributed by atoms with E-state index in [1.807, 2.05) is 37.3 Å². The van der Waals surface area contributed by atoms with E-state index < -0.39 is 17.4 Å². The number of halogens is 3. The molecule has 0 saturated carbocycles. The zero-order valence-corrected chi connectivity index (χ0v) is 18.1. The maximum atomic E-state index is 13.3. The lowest BCUT2D eigenvalue weighted by Crippen LogP contribution is -2.26. The van der Waals surface area contributed by atoms with Gasteiger partial charge in [0.2, 0.25) is 0 Å². The second kappa shape index (κ2) is 7.63. The summed E-state index contributed by atoms with van der Waals surface area (Å²) < 4.78 is 42.3. The third kappa shape index (κ3) is 3.45. The molecule has 0 fully saturated rings. The Kier molecular flexibility index (Phi) is 5.27. The number of thiophene rings is 1. The van der Waals surface area contributed by atoms with E-state index in [0.717, 1.165) is 39.1 Å². The molecule has 30 heavy (non-hydrogen) atoms. The van der Waals surface area contributed by atoms with Gasteiger partial charge in [0.1, 0.15) is 11.2 Å². The molecule has 0 atom stereocenters. The van der Waals surface area contributed by atoms with Gasteiger partial charge in [0.05, 0.1) is 10.4 Å². The van der Waals surface area contributed by atoms with Gasteiger partial charge in [0.15, 0.2) is 5.82 Å². The number of nitrogens with zero attached hydrogens (tertiary/aromatic N) is 3. The van der Waals surface area contributed by atoms with Gasteiger partial charge < -0.3 is 9.13 Å². The van der Waals surface area contributed by atoms with Crippen molar-refractivity contribution < 1.29 is 13.2 Å². The zero-order valence-electron chi connectivity index (χ0n) is 16.4. The van der Waals surface area contributed by atoms with Crippen molar-refractivity contribution in [1.82, 2.24) is 14.1 Å². The minimum Gasteiger partial charge on any atom is -0.322 e. The monoisotopic (exact) mass is 449 g/mol. The van der Waals surface area contributed by atoms with Crippen LogP contribution in [0.25, 0.3) is 32.2 Å². The van der Waals surface area contributed by atoms with Crippen LogP contribution in [0.4, 0.5) is 13.2 Å². The Morgan fingerprint density at radius 2 is 1.80 bits per heavy atom. The van der Waals surface area contributed by atoms with Crippen LogP contribution >= 0.6 is 23.1 Å². The molecule has 4 aromatic rings. The van der Waals surface area contributed by atoms with Gasteiger partial charge in [-0.25, -0.2) is 4.98 Å². The summed E-state index contributed by atoms with van der Waals surface area (Å²) in [4.78, 5) is 20.0. The van der Waals surface area contributed by atoms with Crippen molar-refractivity contribution in [2.24, 2.45) is 14.1 Å². The molecule has 0 saturated heterocycles. The van der Waals surface area contributed by atoms with E-state index in [1.165, 1.54) is 11.3 Å². The fourth-order valence-corrected chi connectivity index (χ4v) is 5.58. The van der Waals surface area contributed by atoms with E-state index in [-0.39, 0.29) is 11.0 Å². The lowest BCUT2D eigenvalue weighted by Gasteiger charge is -2.11. The van der Waals surface area contributed by atoms with Crippen LogP contribution < -0.4 is 5.56 Å². The Balaban J connectivity index is 1.96. The van der Waals surface area contributed by atoms with Crippen molar-refractivity contribution in [3.8, 4) is 21.1 Å². The molecule has 3 aromatic heterocycles. The van der Waals surface area contributed by atoms with Crippen LogP contribution in [0.2, 0.25) is 0 Å². The molecule has 156 valence electrons. The highest BCUT2D eigenvalue weighted by Gasteiger charge is 2.35. The second-order valence-corrected chi connectivity index (χ2v) is 9.08. The zero-order chi connectivity index (χ0) is 21.6. The van der Waals surface area contributed by atoms with E-state index >= 15 is 0 Å². The molecular weight excluding hydrogens is 431 g/mol. The minimum absolute atomic E-state index is 0.0463. The summed E-state index contributed by atoms with van der Waals surface area (Å²) in [5.41, 5.74) is -0.469. The van der Waals surface area contributed by atoms with E-state index in [4.69, 9.17) is 0 Å². The average molecular weight is 450 g/mol. The highest BCUT2D eigenvalue weighted by atomic mass is 32.2. The van der Waals surface area contributed by atoms with Gasteiger partial charge in [-0.3, -0.25) is 4.79 Å². The molecule has 0 radical (unpaired) electrons. The number of hydrogen-bond donors (Lipinski definition) is 0. The van der Waals surface area contributed by atoms with Crippen LogP contribution in [0.15, 0.2) is 52.2 Å². The summed E-state index contributed by atoms with van der Waals surface area (Å²) in [5, 5.41) is 0. The molecular formula is C21H18F3N3OS2. The fraction of sp³-hybridized carbons (Fsp3) is 0.238. The quantitative estimate of drug-likeness (QED) is 0.370. The molecule has 9 heteroatoms. The molecule has 0 spiro atoms. The average Bonchev–Trinajstić information content (AvgIpc) is 3.26. The minimum atomic E-state index is -4.63. The number of benzene rings is 1. The van der Waals surface area contributed by atoms with Gasteiger partial charge in [-0.1, -0.05) is 37.3 Å². The standard InChI is InChI=1S/C21H18F3N3OS2/c1-4-29-15-11-14(12-8-6-5-7-9-12)30-18(15)19-25-13-10-16(21(22,23)24)26(2)20(28)17(13)27(19)3/h5-11H,4H2,1-3H3. The Labute approximate surface area is 179 Å². The number of alkyl halides is 3. The summed E-state index contributed by atoms with van der Waals surface area (Å²) in [7, 11) is 2.80. The predicted octanol–water partition coefficient (Wildman–Crippen LogP) is 5.80. The number of rotatable bonds is 4. The first-order chi connectivity index (χ1) is 14.2. The van der Waals surface area contributed by atoms with Crippen molar-refractivity contribution in [3.05, 3.63) is 58.5 Å². The lowest BCUT2D eigenvalue weighted by molar-refractivity contribution is -0.143. The smallest absolute Gasteiger partial charge is 0.322 e. The Morgan fingerprint density at radius 3 is 2.43 bits per heavy atom. The van der Waals surface area contributed by atoms with Crippen LogP contribution in [-0.2, 0) is 20.3 Å². The maximum Gasteiger partial charge on any atom is 0.431 e. The van der Waals surface area contributed by atoms with E-state index in [9.17, 15) is 18.0 Å². The number of thioether (sulfide) groups is 1. The van der Waals surface area contributed by atoms with Crippen molar-refractivity contribution in [2.45, 2.75) is 18.0 Å². The number of fused-ring (bicyclic) bond motifs is 1. The normalized spacial score (nSPS) is 12.1. The van der Waals surface area contributed by atoms with Crippen molar-refractivity contribution in [2.75, 3.05) is 5.75 Å². The molecule has 0 N–H and O–H groups in total. The summed E-state index contributed by atoms with van der Waals surface area (Å²) in [6.07, 6.45) is -4.63. The number of pyridine rings is 1. The summed E-state index contributed by atoms with van der Waals surface area (Å²) in [6.45, 7) is 2.04. The predicted molar refractivity (Wildman–Crippen MR) is 116 cm³/mol. The van der Waals surface area contributed by atoms with Gasteiger partial charge >= 0.3 is 6.18 Å². The van der Waals surface area contributed by atoms with Gasteiger partial charge in [-0.05, 0) is 23.4 Å². The molecule has 3 heterocycles. The topological polar surface area (TPSA) is 39.8 Å². The Morgan fingerprint density at radius 1 is 1.10 bits per heavy atom. The molecule has 1 aromatic carbocycles. The summed E-state index contributed by atoms with van der Waals surface area (Å²) >= 11 is 3.16. The summed E-state index contributed by atoms with van der Waals surface area (Å²) in [5.74, 6) is 1.33. The Hall–Kier alpha value is -2.52. The molecule has 0 aliphatic heterocycles. The van der Waals surface area contributed by atoms with Gasteiger partial charge in [-0.15, -0.1) is 23.1 Å². The van der Waals surface area contributed by atoms with Gasteiger partial charge in [0, 0.05) is 23.9 Å². The van der Waals surface area contributed by atoms with Crippen LogP contribution in [-0.4, -0.2) is 19.9 Å². The van der Waals surface area contributed by atoms with E-state index in [0.29, 0.717) is 10.4 Å². The van der Waals surface area contributed by atoms with Crippen LogP contribution in [0, 0.1) is 0 Å². The van der Waals surface area contributed by atoms with Crippen LogP contribution in [0.5, 0.6) is 0 Å². The van der Waals surface area contributed by atoms with Crippen molar-refractivity contribution in [3.63, 3.8) is 0 Å². The molecule has 4 nitrogen and oxygen atoms in total. The lowest BCUT2D eigenvalue weighted by atomic mass is 10.2. The van der Waals surface area contributed by atoms with Gasteiger partial charge in [0.25, 0.3) is 5.56 Å². The highest BCUT2D eigenvalue weighted by molar-refractivity contribution is 7.99. The van der Waals surface area contributed by atoms with E-state index in [1.54, 1.807) is 23.4 Å². The third-order valence-corrected chi connectivity index (χ3v) is 7.04. The highest BCUT2D eigenvalue weighted by Crippen LogP contribution is 2.43. The Bertz CT molecular complexity index is 1290. The van der Waals surface area contributed by atoms with Gasteiger partial charge in [-0.2, -0.15) is 13.2 Å². The first-order valence-corrected chi connectivity index (χ1v) is 11.0. The number of hydrogen-bond acceptors (Lipinski definition) is 4. The van der Waals surface area contributed by atoms with Crippen LogP contribution in [0.1, 0.15) is 12.6 Å². The molecule has 4 rings (SSSR count).